The van der Waals surface area contributed by atoms with Crippen molar-refractivity contribution >= 4 is 39.9 Å². The Hall–Kier alpha value is -3.00. The Morgan fingerprint density at radius 2 is 2.00 bits per heavy atom. The van der Waals surface area contributed by atoms with Crippen LogP contribution in [0.15, 0.2) is 42.5 Å². The number of methoxy groups -OCH3 is 1. The Balaban J connectivity index is 1.86. The molecule has 3 rings (SSSR count). The number of ether oxygens (including phenoxy) is 1. The number of hydrogen-bond acceptors (Lipinski definition) is 5. The molecule has 0 saturated heterocycles. The van der Waals surface area contributed by atoms with Crippen molar-refractivity contribution in [2.24, 2.45) is 0 Å². The minimum absolute atomic E-state index is 0.126. The van der Waals surface area contributed by atoms with E-state index in [1.54, 1.807) is 49.5 Å². The summed E-state index contributed by atoms with van der Waals surface area (Å²) in [6.07, 6.45) is -2.82. The van der Waals surface area contributed by atoms with Crippen molar-refractivity contribution < 1.29 is 18.3 Å². The van der Waals surface area contributed by atoms with E-state index in [2.05, 4.69) is 15.3 Å². The summed E-state index contributed by atoms with van der Waals surface area (Å²) in [4.78, 5) is 21.8. The van der Waals surface area contributed by atoms with Gasteiger partial charge in [0, 0.05) is 17.5 Å². The number of halogens is 3. The highest BCUT2D eigenvalue weighted by atomic mass is 35.5. The lowest BCUT2D eigenvalue weighted by molar-refractivity contribution is -0.114. The van der Waals surface area contributed by atoms with Crippen LogP contribution in [0, 0.1) is 0 Å². The molecule has 1 amide bonds. The standard InChI is InChI=1S/C19H17ClF2N4O2/c1-26(10-16(27)23-14-9-11(20)7-8-15(14)28-2)19-12-5-3-4-6-13(12)24-18(25-19)17(21)22/h3-9,17H,10H2,1-2H3,(H,23,27). The third-order valence-electron chi connectivity index (χ3n) is 3.97. The van der Waals surface area contributed by atoms with Crippen molar-refractivity contribution in [2.75, 3.05) is 30.9 Å². The van der Waals surface area contributed by atoms with Gasteiger partial charge in [0.2, 0.25) is 5.91 Å². The van der Waals surface area contributed by atoms with Gasteiger partial charge in [-0.15, -0.1) is 0 Å². The molecular formula is C19H17ClF2N4O2. The van der Waals surface area contributed by atoms with Crippen LogP contribution in [0.25, 0.3) is 10.9 Å². The molecule has 146 valence electrons. The molecule has 0 aliphatic heterocycles. The Bertz CT molecular complexity index is 1020. The van der Waals surface area contributed by atoms with Crippen LogP contribution < -0.4 is 15.0 Å². The van der Waals surface area contributed by atoms with Crippen LogP contribution >= 0.6 is 11.6 Å². The molecule has 2 aromatic carbocycles. The summed E-state index contributed by atoms with van der Waals surface area (Å²) in [5, 5.41) is 3.72. The van der Waals surface area contributed by atoms with Crippen LogP contribution in [0.5, 0.6) is 5.75 Å². The number of benzene rings is 2. The van der Waals surface area contributed by atoms with Crippen LogP contribution in [0.2, 0.25) is 5.02 Å². The number of fused-ring (bicyclic) bond motifs is 1. The average molecular weight is 407 g/mol. The van der Waals surface area contributed by atoms with Gasteiger partial charge in [0.1, 0.15) is 11.6 Å². The van der Waals surface area contributed by atoms with E-state index in [1.807, 2.05) is 0 Å². The highest BCUT2D eigenvalue weighted by Crippen LogP contribution is 2.29. The third kappa shape index (κ3) is 4.28. The zero-order valence-electron chi connectivity index (χ0n) is 15.1. The molecule has 0 spiro atoms. The quantitative estimate of drug-likeness (QED) is 0.661. The fourth-order valence-electron chi connectivity index (χ4n) is 2.72. The van der Waals surface area contributed by atoms with E-state index in [1.165, 1.54) is 12.0 Å². The van der Waals surface area contributed by atoms with E-state index in [0.29, 0.717) is 27.4 Å². The van der Waals surface area contributed by atoms with Crippen LogP contribution in [-0.2, 0) is 4.79 Å². The normalized spacial score (nSPS) is 10.9. The molecule has 28 heavy (non-hydrogen) atoms. The van der Waals surface area contributed by atoms with Gasteiger partial charge in [0.25, 0.3) is 6.43 Å². The van der Waals surface area contributed by atoms with E-state index in [0.717, 1.165) is 0 Å². The van der Waals surface area contributed by atoms with E-state index >= 15 is 0 Å². The van der Waals surface area contributed by atoms with Gasteiger partial charge in [-0.2, -0.15) is 0 Å². The molecule has 0 aliphatic carbocycles. The number of alkyl halides is 2. The first-order valence-electron chi connectivity index (χ1n) is 8.28. The van der Waals surface area contributed by atoms with Gasteiger partial charge in [0.15, 0.2) is 5.82 Å². The number of anilines is 2. The maximum absolute atomic E-state index is 13.2. The smallest absolute Gasteiger partial charge is 0.297 e. The molecule has 6 nitrogen and oxygen atoms in total. The second-order valence-corrected chi connectivity index (χ2v) is 6.41. The second kappa shape index (κ2) is 8.35. The maximum Gasteiger partial charge on any atom is 0.297 e. The van der Waals surface area contributed by atoms with Gasteiger partial charge in [-0.05, 0) is 30.3 Å². The van der Waals surface area contributed by atoms with Crippen molar-refractivity contribution in [2.45, 2.75) is 6.43 Å². The number of nitrogens with zero attached hydrogens (tertiary/aromatic N) is 3. The largest absolute Gasteiger partial charge is 0.495 e. The van der Waals surface area contributed by atoms with Crippen molar-refractivity contribution in [1.82, 2.24) is 9.97 Å². The molecular weight excluding hydrogens is 390 g/mol. The first kappa shape index (κ1) is 19.8. The lowest BCUT2D eigenvalue weighted by atomic mass is 10.2. The summed E-state index contributed by atoms with van der Waals surface area (Å²) in [5.74, 6) is -0.274. The fraction of sp³-hybridized carbons (Fsp3) is 0.211. The monoisotopic (exact) mass is 406 g/mol. The summed E-state index contributed by atoms with van der Waals surface area (Å²) in [6.45, 7) is -0.126. The number of rotatable bonds is 6. The zero-order valence-corrected chi connectivity index (χ0v) is 15.9. The highest BCUT2D eigenvalue weighted by Gasteiger charge is 2.19. The maximum atomic E-state index is 13.2. The molecule has 9 heteroatoms. The van der Waals surface area contributed by atoms with Crippen LogP contribution in [0.1, 0.15) is 12.2 Å². The van der Waals surface area contributed by atoms with Gasteiger partial charge in [-0.1, -0.05) is 23.7 Å². The zero-order chi connectivity index (χ0) is 20.3. The van der Waals surface area contributed by atoms with Gasteiger partial charge in [-0.25, -0.2) is 18.7 Å². The molecule has 1 N–H and O–H groups in total. The Morgan fingerprint density at radius 3 is 2.71 bits per heavy atom. The molecule has 0 radical (unpaired) electrons. The van der Waals surface area contributed by atoms with Gasteiger partial charge >= 0.3 is 0 Å². The summed E-state index contributed by atoms with van der Waals surface area (Å²) in [6, 6.07) is 11.6. The van der Waals surface area contributed by atoms with Crippen LogP contribution in [0.3, 0.4) is 0 Å². The predicted octanol–water partition coefficient (Wildman–Crippen LogP) is 4.30. The van der Waals surface area contributed by atoms with Gasteiger partial charge in [-0.3, -0.25) is 4.79 Å². The average Bonchev–Trinajstić information content (AvgIpc) is 2.67. The first-order valence-corrected chi connectivity index (χ1v) is 8.66. The fourth-order valence-corrected chi connectivity index (χ4v) is 2.90. The molecule has 0 unspecified atom stereocenters. The summed E-state index contributed by atoms with van der Waals surface area (Å²) in [7, 11) is 3.07. The summed E-state index contributed by atoms with van der Waals surface area (Å²) < 4.78 is 31.5. The molecule has 1 aromatic heterocycles. The lowest BCUT2D eigenvalue weighted by Gasteiger charge is -2.20. The molecule has 0 saturated carbocycles. The second-order valence-electron chi connectivity index (χ2n) is 5.97. The number of hydrogen-bond donors (Lipinski definition) is 1. The number of carbonyl (C=O) groups excluding carboxylic acids is 1. The molecule has 0 aliphatic rings. The topological polar surface area (TPSA) is 67.3 Å². The third-order valence-corrected chi connectivity index (χ3v) is 4.21. The molecule has 3 aromatic rings. The molecule has 0 bridgehead atoms. The Morgan fingerprint density at radius 1 is 1.25 bits per heavy atom. The van der Waals surface area contributed by atoms with Crippen molar-refractivity contribution in [1.29, 1.82) is 0 Å². The minimum atomic E-state index is -2.82. The van der Waals surface area contributed by atoms with Gasteiger partial charge in [0.05, 0.1) is 24.9 Å². The number of nitrogens with one attached hydrogen (secondary N) is 1. The van der Waals surface area contributed by atoms with E-state index in [4.69, 9.17) is 16.3 Å². The molecule has 0 fully saturated rings. The van der Waals surface area contributed by atoms with E-state index < -0.39 is 12.2 Å². The van der Waals surface area contributed by atoms with Gasteiger partial charge < -0.3 is 15.0 Å². The van der Waals surface area contributed by atoms with Crippen molar-refractivity contribution in [3.05, 3.63) is 53.3 Å². The highest BCUT2D eigenvalue weighted by molar-refractivity contribution is 6.31. The minimum Gasteiger partial charge on any atom is -0.495 e. The Kier molecular flexibility index (Phi) is 5.89. The van der Waals surface area contributed by atoms with Crippen molar-refractivity contribution in [3.63, 3.8) is 0 Å². The summed E-state index contributed by atoms with van der Waals surface area (Å²) >= 11 is 5.97. The Labute approximate surface area is 165 Å². The summed E-state index contributed by atoms with van der Waals surface area (Å²) in [5.41, 5.74) is 0.792. The van der Waals surface area contributed by atoms with Crippen molar-refractivity contribution in [3.8, 4) is 5.75 Å². The predicted molar refractivity (Wildman–Crippen MR) is 104 cm³/mol. The SMILES string of the molecule is COc1ccc(Cl)cc1NC(=O)CN(C)c1nc(C(F)F)nc2ccccc12. The van der Waals surface area contributed by atoms with E-state index in [9.17, 15) is 13.6 Å². The number of para-hydroxylation sites is 1. The van der Waals surface area contributed by atoms with E-state index in [-0.39, 0.29) is 18.3 Å². The first-order chi connectivity index (χ1) is 13.4. The number of carbonyl (C=O) groups is 1. The lowest BCUT2D eigenvalue weighted by Crippen LogP contribution is -2.31. The number of amides is 1. The van der Waals surface area contributed by atoms with Crippen LogP contribution in [-0.4, -0.2) is 36.6 Å². The molecule has 1 heterocycles. The number of aromatic nitrogens is 2. The van der Waals surface area contributed by atoms with Crippen LogP contribution in [0.4, 0.5) is 20.3 Å². The number of likely N-dealkylation sites (N-methyl/N-ethyl adjacent to an activating group) is 1. The molecule has 0 atom stereocenters.